The van der Waals surface area contributed by atoms with Crippen molar-refractivity contribution in [2.45, 2.75) is 20.4 Å². The summed E-state index contributed by atoms with van der Waals surface area (Å²) in [6.07, 6.45) is 1.63. The fourth-order valence-corrected chi connectivity index (χ4v) is 2.62. The Morgan fingerprint density at radius 2 is 1.89 bits per heavy atom. The van der Waals surface area contributed by atoms with Crippen LogP contribution in [0.4, 0.5) is 5.69 Å². The summed E-state index contributed by atoms with van der Waals surface area (Å²) < 4.78 is 1.29. The van der Waals surface area contributed by atoms with Crippen LogP contribution in [-0.2, 0) is 11.3 Å². The Hall–Kier alpha value is -3.61. The topological polar surface area (TPSA) is 93.9 Å². The molecule has 7 nitrogen and oxygen atoms in total. The summed E-state index contributed by atoms with van der Waals surface area (Å²) in [4.78, 5) is 44.8. The number of Topliss-reactive ketones (excluding diaryl/α,β-unsaturated/α-hetero) is 1. The van der Waals surface area contributed by atoms with Crippen LogP contribution in [0.2, 0.25) is 0 Å². The molecular weight excluding hydrogens is 344 g/mol. The van der Waals surface area contributed by atoms with Crippen LogP contribution in [-0.4, -0.2) is 26.2 Å². The number of aryl methyl sites for hydroxylation is 1. The van der Waals surface area contributed by atoms with Gasteiger partial charge in [0.15, 0.2) is 5.78 Å². The van der Waals surface area contributed by atoms with E-state index in [0.717, 1.165) is 0 Å². The van der Waals surface area contributed by atoms with E-state index < -0.39 is 0 Å². The van der Waals surface area contributed by atoms with Crippen LogP contribution in [0.5, 0.6) is 0 Å². The lowest BCUT2D eigenvalue weighted by Gasteiger charge is -2.11. The molecule has 0 radical (unpaired) electrons. The van der Waals surface area contributed by atoms with E-state index in [9.17, 15) is 14.4 Å². The number of carbonyl (C=O) groups is 2. The number of pyridine rings is 1. The summed E-state index contributed by atoms with van der Waals surface area (Å²) >= 11 is 0. The van der Waals surface area contributed by atoms with Gasteiger partial charge >= 0.3 is 0 Å². The van der Waals surface area contributed by atoms with Crippen LogP contribution >= 0.6 is 0 Å². The first-order chi connectivity index (χ1) is 12.9. The van der Waals surface area contributed by atoms with Crippen molar-refractivity contribution in [3.63, 3.8) is 0 Å². The van der Waals surface area contributed by atoms with E-state index in [-0.39, 0.29) is 23.8 Å². The highest BCUT2D eigenvalue weighted by molar-refractivity contribution is 5.97. The van der Waals surface area contributed by atoms with Crippen LogP contribution in [0.15, 0.2) is 59.5 Å². The molecule has 136 valence electrons. The van der Waals surface area contributed by atoms with Gasteiger partial charge in [0.25, 0.3) is 5.56 Å². The average Bonchev–Trinajstić information content (AvgIpc) is 2.65. The maximum atomic E-state index is 12.4. The SMILES string of the molecule is CC(=O)c1cccc(NC(=O)Cn2c(C)nc(-c3ccccn3)cc2=O)c1. The molecule has 0 bridgehead atoms. The second-order valence-electron chi connectivity index (χ2n) is 6.01. The minimum Gasteiger partial charge on any atom is -0.325 e. The summed E-state index contributed by atoms with van der Waals surface area (Å²) in [7, 11) is 0. The van der Waals surface area contributed by atoms with E-state index in [0.29, 0.717) is 28.5 Å². The van der Waals surface area contributed by atoms with E-state index in [1.165, 1.54) is 17.6 Å². The number of aromatic nitrogens is 3. The molecule has 0 aliphatic rings. The van der Waals surface area contributed by atoms with Gasteiger partial charge in [-0.25, -0.2) is 4.98 Å². The van der Waals surface area contributed by atoms with Crippen molar-refractivity contribution >= 4 is 17.4 Å². The van der Waals surface area contributed by atoms with Crippen molar-refractivity contribution in [3.05, 3.63) is 76.5 Å². The van der Waals surface area contributed by atoms with Crippen LogP contribution in [0.1, 0.15) is 23.1 Å². The Labute approximate surface area is 155 Å². The number of nitrogens with zero attached hydrogens (tertiary/aromatic N) is 3. The van der Waals surface area contributed by atoms with Crippen molar-refractivity contribution in [1.29, 1.82) is 0 Å². The zero-order chi connectivity index (χ0) is 19.4. The first-order valence-corrected chi connectivity index (χ1v) is 8.35. The van der Waals surface area contributed by atoms with Crippen molar-refractivity contribution in [1.82, 2.24) is 14.5 Å². The first kappa shape index (κ1) is 18.2. The molecule has 3 rings (SSSR count). The lowest BCUT2D eigenvalue weighted by atomic mass is 10.1. The van der Waals surface area contributed by atoms with Crippen molar-refractivity contribution in [2.24, 2.45) is 0 Å². The van der Waals surface area contributed by atoms with Gasteiger partial charge < -0.3 is 5.32 Å². The number of ketones is 1. The van der Waals surface area contributed by atoms with Crippen molar-refractivity contribution < 1.29 is 9.59 Å². The minimum absolute atomic E-state index is 0.0903. The predicted molar refractivity (Wildman–Crippen MR) is 102 cm³/mol. The highest BCUT2D eigenvalue weighted by Gasteiger charge is 2.12. The number of hydrogen-bond donors (Lipinski definition) is 1. The van der Waals surface area contributed by atoms with Gasteiger partial charge in [-0.1, -0.05) is 18.2 Å². The third-order valence-corrected chi connectivity index (χ3v) is 3.98. The molecule has 2 heterocycles. The van der Waals surface area contributed by atoms with Crippen LogP contribution in [0.3, 0.4) is 0 Å². The number of carbonyl (C=O) groups excluding carboxylic acids is 2. The fourth-order valence-electron chi connectivity index (χ4n) is 2.62. The quantitative estimate of drug-likeness (QED) is 0.704. The third-order valence-electron chi connectivity index (χ3n) is 3.98. The van der Waals surface area contributed by atoms with Crippen molar-refractivity contribution in [3.8, 4) is 11.4 Å². The monoisotopic (exact) mass is 362 g/mol. The molecule has 1 aromatic carbocycles. The second-order valence-corrected chi connectivity index (χ2v) is 6.01. The van der Waals surface area contributed by atoms with E-state index in [1.807, 2.05) is 6.07 Å². The lowest BCUT2D eigenvalue weighted by molar-refractivity contribution is -0.116. The highest BCUT2D eigenvalue weighted by Crippen LogP contribution is 2.13. The summed E-state index contributed by atoms with van der Waals surface area (Å²) in [5.74, 6) is -0.0587. The van der Waals surface area contributed by atoms with Gasteiger partial charge in [0, 0.05) is 23.5 Å². The molecular formula is C20H18N4O3. The molecule has 0 aliphatic heterocycles. The minimum atomic E-state index is -0.381. The Bertz CT molecular complexity index is 1060. The highest BCUT2D eigenvalue weighted by atomic mass is 16.2. The maximum Gasteiger partial charge on any atom is 0.254 e. The van der Waals surface area contributed by atoms with Crippen molar-refractivity contribution in [2.75, 3.05) is 5.32 Å². The smallest absolute Gasteiger partial charge is 0.254 e. The van der Waals surface area contributed by atoms with Crippen LogP contribution in [0.25, 0.3) is 11.4 Å². The number of rotatable bonds is 5. The molecule has 0 fully saturated rings. The number of benzene rings is 1. The molecule has 0 saturated heterocycles. The molecule has 3 aromatic rings. The molecule has 0 atom stereocenters. The first-order valence-electron chi connectivity index (χ1n) is 8.35. The summed E-state index contributed by atoms with van der Waals surface area (Å²) in [6.45, 7) is 2.95. The average molecular weight is 362 g/mol. The Morgan fingerprint density at radius 1 is 1.07 bits per heavy atom. The molecule has 27 heavy (non-hydrogen) atoms. The van der Waals surface area contributed by atoms with Gasteiger partial charge in [0.2, 0.25) is 5.91 Å². The maximum absolute atomic E-state index is 12.4. The molecule has 1 amide bonds. The number of amides is 1. The molecule has 0 aliphatic carbocycles. The summed E-state index contributed by atoms with van der Waals surface area (Å²) in [5, 5.41) is 2.70. The van der Waals surface area contributed by atoms with E-state index in [4.69, 9.17) is 0 Å². The van der Waals surface area contributed by atoms with Gasteiger partial charge in [0.05, 0.1) is 11.4 Å². The Kier molecular flexibility index (Phi) is 5.21. The Balaban J connectivity index is 1.79. The zero-order valence-electron chi connectivity index (χ0n) is 15.0. The molecule has 2 aromatic heterocycles. The Morgan fingerprint density at radius 3 is 2.56 bits per heavy atom. The molecule has 0 spiro atoms. The normalized spacial score (nSPS) is 10.4. The van der Waals surface area contributed by atoms with Gasteiger partial charge in [-0.2, -0.15) is 0 Å². The van der Waals surface area contributed by atoms with Crippen LogP contribution in [0, 0.1) is 6.92 Å². The second kappa shape index (κ2) is 7.74. The molecule has 1 N–H and O–H groups in total. The number of hydrogen-bond acceptors (Lipinski definition) is 5. The van der Waals surface area contributed by atoms with Gasteiger partial charge in [-0.05, 0) is 38.1 Å². The number of anilines is 1. The summed E-state index contributed by atoms with van der Waals surface area (Å²) in [6, 6.07) is 13.4. The molecule has 0 saturated carbocycles. The van der Waals surface area contributed by atoms with E-state index in [1.54, 1.807) is 49.5 Å². The standard InChI is InChI=1S/C20H18N4O3/c1-13(25)15-6-5-7-16(10-15)23-19(26)12-24-14(2)22-18(11-20(24)27)17-8-3-4-9-21-17/h3-11H,12H2,1-2H3,(H,23,26). The third kappa shape index (κ3) is 4.33. The van der Waals surface area contributed by atoms with Gasteiger partial charge in [0.1, 0.15) is 12.4 Å². The van der Waals surface area contributed by atoms with Gasteiger partial charge in [-0.3, -0.25) is 23.9 Å². The molecule has 7 heteroatoms. The largest absolute Gasteiger partial charge is 0.325 e. The molecule has 0 unspecified atom stereocenters. The van der Waals surface area contributed by atoms with E-state index in [2.05, 4.69) is 15.3 Å². The van der Waals surface area contributed by atoms with E-state index >= 15 is 0 Å². The zero-order valence-corrected chi connectivity index (χ0v) is 15.0. The predicted octanol–water partition coefficient (Wildman–Crippen LogP) is 2.46. The fraction of sp³-hybridized carbons (Fsp3) is 0.150. The van der Waals surface area contributed by atoms with Crippen LogP contribution < -0.4 is 10.9 Å². The summed E-state index contributed by atoms with van der Waals surface area (Å²) in [5.41, 5.74) is 1.72. The lowest BCUT2D eigenvalue weighted by Crippen LogP contribution is -2.30. The van der Waals surface area contributed by atoms with Gasteiger partial charge in [-0.15, -0.1) is 0 Å². The number of nitrogens with one attached hydrogen (secondary N) is 1.